The zero-order valence-electron chi connectivity index (χ0n) is 25.6. The van der Waals surface area contributed by atoms with Gasteiger partial charge in [0.1, 0.15) is 12.1 Å². The van der Waals surface area contributed by atoms with Crippen LogP contribution in [0.25, 0.3) is 5.82 Å². The molecule has 2 amide bonds. The molecule has 19 nitrogen and oxygen atoms in total. The normalized spacial score (nSPS) is 13.0. The molecule has 2 aliphatic heterocycles. The molecule has 4 heterocycles. The second-order valence-corrected chi connectivity index (χ2v) is 10.2. The van der Waals surface area contributed by atoms with Gasteiger partial charge in [-0.1, -0.05) is 0 Å². The fourth-order valence-corrected chi connectivity index (χ4v) is 4.66. The molecule has 0 aliphatic carbocycles. The second-order valence-electron chi connectivity index (χ2n) is 10.2. The third-order valence-corrected chi connectivity index (χ3v) is 7.10. The maximum absolute atomic E-state index is 15.1. The summed E-state index contributed by atoms with van der Waals surface area (Å²) in [5, 5.41) is 41.4. The zero-order chi connectivity index (χ0) is 35.4. The van der Waals surface area contributed by atoms with Crippen molar-refractivity contribution in [3.05, 3.63) is 95.5 Å². The lowest BCUT2D eigenvalue weighted by atomic mass is 10.1. The first-order chi connectivity index (χ1) is 24.1. The number of methoxy groups -OCH3 is 1. The monoisotopic (exact) mass is 685 g/mol. The number of ether oxygens (including phenoxy) is 2. The lowest BCUT2D eigenvalue weighted by Crippen LogP contribution is -2.40. The predicted molar refractivity (Wildman–Crippen MR) is 170 cm³/mol. The molecule has 4 aromatic rings. The number of halogens is 1. The number of anilines is 2. The number of hydrogen-bond acceptors (Lipinski definition) is 14. The van der Waals surface area contributed by atoms with Crippen LogP contribution in [-0.4, -0.2) is 84.1 Å². The van der Waals surface area contributed by atoms with Gasteiger partial charge in [-0.05, 0) is 42.0 Å². The summed E-state index contributed by atoms with van der Waals surface area (Å²) in [7, 11) is 1.28. The first-order valence-electron chi connectivity index (χ1n) is 14.3. The molecule has 0 unspecified atom stereocenters. The molecule has 50 heavy (non-hydrogen) atoms. The average molecular weight is 686 g/mol. The van der Waals surface area contributed by atoms with E-state index in [4.69, 9.17) is 9.47 Å². The highest BCUT2D eigenvalue weighted by atomic mass is 19.1. The average Bonchev–Trinajstić information content (AvgIpc) is 3.82. The Bertz CT molecular complexity index is 2100. The summed E-state index contributed by atoms with van der Waals surface area (Å²) in [5.74, 6) is -4.50. The van der Waals surface area contributed by atoms with Gasteiger partial charge in [-0.15, -0.1) is 25.9 Å². The number of carbonyl (C=O) groups is 4. The number of imidazole rings is 1. The number of carbonyl (C=O) groups excluding carboxylic acids is 2. The number of hydrazone groups is 2. The van der Waals surface area contributed by atoms with Crippen LogP contribution in [-0.2, 0) is 11.2 Å². The van der Waals surface area contributed by atoms with E-state index >= 15 is 4.39 Å². The van der Waals surface area contributed by atoms with Crippen molar-refractivity contribution < 1.29 is 43.3 Å². The van der Waals surface area contributed by atoms with Crippen LogP contribution in [0.15, 0.2) is 77.5 Å². The van der Waals surface area contributed by atoms with Crippen molar-refractivity contribution in [3.63, 3.8) is 0 Å². The molecule has 2 aromatic heterocycles. The smallest absolute Gasteiger partial charge is 0.337 e. The number of carboxylic acids is 2. The molecule has 0 spiro atoms. The van der Waals surface area contributed by atoms with Gasteiger partial charge < -0.3 is 30.3 Å². The van der Waals surface area contributed by atoms with Crippen molar-refractivity contribution in [2.75, 3.05) is 24.4 Å². The number of hydrazine groups is 2. The van der Waals surface area contributed by atoms with Gasteiger partial charge in [0.25, 0.3) is 11.8 Å². The van der Waals surface area contributed by atoms with E-state index in [1.807, 2.05) is 0 Å². The van der Waals surface area contributed by atoms with Crippen LogP contribution in [0.3, 0.4) is 0 Å². The van der Waals surface area contributed by atoms with Crippen molar-refractivity contribution in [1.29, 1.82) is 0 Å². The fraction of sp³-hybridized carbons (Fsp3) is 0.100. The summed E-state index contributed by atoms with van der Waals surface area (Å²) in [4.78, 5) is 53.7. The zero-order valence-corrected chi connectivity index (χ0v) is 25.6. The standard InChI is InChI=1S/C30H24FN11O8/c1-49-23-12-17(30(47)48)22(34-28(44)20-3-5-26-37-39-40-42(26)38-20)13-24(23)50-9-6-15-10-21(16(29(45)46)11-18(15)31)33-27(43)19-2-4-25(36-35-19)41-8-7-32-14-41/h2-5,7-8,10-14,39-40H,6,9H2,1H3,(H,33,43)(H,34,44)(H,45,46)(H,47,48). The molecule has 6 rings (SSSR count). The summed E-state index contributed by atoms with van der Waals surface area (Å²) in [5.41, 5.74) is 3.66. The Morgan fingerprint density at radius 3 is 2.40 bits per heavy atom. The number of fused-ring (bicyclic) bond motifs is 1. The van der Waals surface area contributed by atoms with Crippen molar-refractivity contribution in [1.82, 2.24) is 35.9 Å². The third-order valence-electron chi connectivity index (χ3n) is 7.10. The van der Waals surface area contributed by atoms with E-state index in [9.17, 15) is 29.4 Å². The molecule has 0 atom stereocenters. The number of hydrogen-bond donors (Lipinski definition) is 6. The van der Waals surface area contributed by atoms with Gasteiger partial charge in [0, 0.05) is 30.9 Å². The number of carboxylic acid groups (broad SMARTS) is 2. The van der Waals surface area contributed by atoms with Gasteiger partial charge in [0.15, 0.2) is 34.6 Å². The highest BCUT2D eigenvalue weighted by molar-refractivity contribution is 6.48. The lowest BCUT2D eigenvalue weighted by molar-refractivity contribution is -0.110. The molecule has 0 saturated heterocycles. The molecular weight excluding hydrogens is 661 g/mol. The Kier molecular flexibility index (Phi) is 9.07. The maximum Gasteiger partial charge on any atom is 0.337 e. The quantitative estimate of drug-likeness (QED) is 0.124. The van der Waals surface area contributed by atoms with Crippen LogP contribution < -0.4 is 31.2 Å². The van der Waals surface area contributed by atoms with Gasteiger partial charge in [0.2, 0.25) is 0 Å². The second kappa shape index (κ2) is 13.9. The number of rotatable bonds is 12. The van der Waals surface area contributed by atoms with E-state index < -0.39 is 35.1 Å². The highest BCUT2D eigenvalue weighted by Gasteiger charge is 2.25. The summed E-state index contributed by atoms with van der Waals surface area (Å²) < 4.78 is 27.7. The topological polar surface area (TPSA) is 247 Å². The highest BCUT2D eigenvalue weighted by Crippen LogP contribution is 2.34. The van der Waals surface area contributed by atoms with Crippen molar-refractivity contribution in [2.24, 2.45) is 10.2 Å². The van der Waals surface area contributed by atoms with Gasteiger partial charge in [0.05, 0.1) is 36.2 Å². The van der Waals surface area contributed by atoms with E-state index in [1.165, 1.54) is 55.1 Å². The number of nitrogens with one attached hydrogen (secondary N) is 4. The predicted octanol–water partition coefficient (Wildman–Crippen LogP) is 1.58. The molecule has 0 bridgehead atoms. The van der Waals surface area contributed by atoms with Crippen LogP contribution in [0, 0.1) is 5.82 Å². The number of nitrogens with zero attached hydrogens (tertiary/aromatic N) is 7. The number of amides is 2. The van der Waals surface area contributed by atoms with Crippen LogP contribution in [0.5, 0.6) is 11.5 Å². The Labute approximate surface area is 279 Å². The van der Waals surface area contributed by atoms with Crippen LogP contribution in [0.1, 0.15) is 36.8 Å². The Morgan fingerprint density at radius 2 is 1.70 bits per heavy atom. The Hall–Kier alpha value is -7.22. The van der Waals surface area contributed by atoms with Crippen LogP contribution in [0.2, 0.25) is 0 Å². The van der Waals surface area contributed by atoms with Gasteiger partial charge in [-0.2, -0.15) is 5.12 Å². The van der Waals surface area contributed by atoms with Crippen LogP contribution >= 0.6 is 0 Å². The molecule has 6 N–H and O–H groups in total. The molecular formula is C30H24FN11O8. The van der Waals surface area contributed by atoms with Crippen LogP contribution in [0.4, 0.5) is 15.8 Å². The van der Waals surface area contributed by atoms with Crippen molar-refractivity contribution in [3.8, 4) is 17.3 Å². The molecule has 254 valence electrons. The summed E-state index contributed by atoms with van der Waals surface area (Å²) in [6.07, 6.45) is 7.41. The molecule has 20 heteroatoms. The molecule has 0 fully saturated rings. The van der Waals surface area contributed by atoms with E-state index in [2.05, 4.69) is 47.1 Å². The summed E-state index contributed by atoms with van der Waals surface area (Å²) in [6, 6.07) is 7.18. The van der Waals surface area contributed by atoms with Crippen molar-refractivity contribution >= 4 is 46.7 Å². The van der Waals surface area contributed by atoms with E-state index in [1.54, 1.807) is 10.8 Å². The minimum atomic E-state index is -1.49. The number of amidine groups is 1. The molecule has 0 radical (unpaired) electrons. The number of aromatic carboxylic acids is 2. The number of benzene rings is 2. The minimum absolute atomic E-state index is 0.00156. The molecule has 2 aromatic carbocycles. The first-order valence-corrected chi connectivity index (χ1v) is 14.3. The third kappa shape index (κ3) is 6.89. The molecule has 2 aliphatic rings. The van der Waals surface area contributed by atoms with E-state index in [0.717, 1.165) is 18.2 Å². The fourth-order valence-electron chi connectivity index (χ4n) is 4.66. The Balaban J connectivity index is 1.18. The maximum atomic E-state index is 15.1. The van der Waals surface area contributed by atoms with Crippen molar-refractivity contribution in [2.45, 2.75) is 6.42 Å². The van der Waals surface area contributed by atoms with Gasteiger partial charge in [-0.3, -0.25) is 14.2 Å². The van der Waals surface area contributed by atoms with Gasteiger partial charge in [-0.25, -0.2) is 24.5 Å². The lowest BCUT2D eigenvalue weighted by Gasteiger charge is -2.18. The minimum Gasteiger partial charge on any atom is -0.493 e. The first kappa shape index (κ1) is 32.7. The number of aromatic nitrogens is 4. The molecule has 0 saturated carbocycles. The van der Waals surface area contributed by atoms with E-state index in [0.29, 0.717) is 11.7 Å². The SMILES string of the molecule is COc1cc(C(=O)O)c(NC(=O)C2=NN3NNN=C3C=C2)cc1OCCc1cc(NC(=O)c2ccc(-n3ccnc3)nn2)c(C(=O)O)cc1F. The van der Waals surface area contributed by atoms with Gasteiger partial charge >= 0.3 is 11.9 Å². The largest absolute Gasteiger partial charge is 0.493 e. The summed E-state index contributed by atoms with van der Waals surface area (Å²) >= 11 is 0. The summed E-state index contributed by atoms with van der Waals surface area (Å²) in [6.45, 7) is -0.223. The Morgan fingerprint density at radius 1 is 0.940 bits per heavy atom. The van der Waals surface area contributed by atoms with E-state index in [-0.39, 0.29) is 58.4 Å².